The van der Waals surface area contributed by atoms with E-state index in [0.717, 1.165) is 24.9 Å². The second kappa shape index (κ2) is 5.36. The monoisotopic (exact) mass is 282 g/mol. The molecule has 21 heavy (non-hydrogen) atoms. The van der Waals surface area contributed by atoms with E-state index in [4.69, 9.17) is 5.11 Å². The predicted octanol–water partition coefficient (Wildman–Crippen LogP) is 2.52. The highest BCUT2D eigenvalue weighted by Gasteiger charge is 2.13. The van der Waals surface area contributed by atoms with Gasteiger partial charge in [-0.3, -0.25) is 4.79 Å². The number of carbonyl (C=O) groups is 2. The predicted molar refractivity (Wildman–Crippen MR) is 77.6 cm³/mol. The normalized spacial score (nSPS) is 12.8. The average Bonchev–Trinajstić information content (AvgIpc) is 2.95. The van der Waals surface area contributed by atoms with Crippen molar-refractivity contribution < 1.29 is 14.7 Å². The molecule has 0 unspecified atom stereocenters. The number of rotatable bonds is 3. The Morgan fingerprint density at radius 3 is 2.62 bits per heavy atom. The Hall–Kier alpha value is -2.69. The number of carbonyl (C=O) groups excluding carboxylic acids is 1. The summed E-state index contributed by atoms with van der Waals surface area (Å²) in [5, 5.41) is 11.6. The lowest BCUT2D eigenvalue weighted by Gasteiger charge is -2.07. The van der Waals surface area contributed by atoms with Crippen LogP contribution in [0.15, 0.2) is 36.5 Å². The van der Waals surface area contributed by atoms with Crippen LogP contribution in [0.5, 0.6) is 0 Å². The Labute approximate surface area is 121 Å². The van der Waals surface area contributed by atoms with Crippen LogP contribution in [0.2, 0.25) is 0 Å². The first-order valence-electron chi connectivity index (χ1n) is 6.76. The van der Waals surface area contributed by atoms with E-state index in [1.165, 1.54) is 29.5 Å². The van der Waals surface area contributed by atoms with Crippen LogP contribution in [0, 0.1) is 0 Å². The lowest BCUT2D eigenvalue weighted by Crippen LogP contribution is -2.13. The number of aryl methyl sites for hydroxylation is 2. The van der Waals surface area contributed by atoms with Gasteiger partial charge in [0.1, 0.15) is 5.69 Å². The highest BCUT2D eigenvalue weighted by Crippen LogP contribution is 2.25. The number of carboxylic acids is 1. The Morgan fingerprint density at radius 2 is 1.90 bits per heavy atom. The first kappa shape index (κ1) is 13.3. The van der Waals surface area contributed by atoms with Gasteiger partial charge >= 0.3 is 5.97 Å². The van der Waals surface area contributed by atoms with E-state index < -0.39 is 5.97 Å². The number of nitrogens with zero attached hydrogens (tertiary/aromatic N) is 1. The molecule has 1 aromatic carbocycles. The average molecular weight is 282 g/mol. The van der Waals surface area contributed by atoms with Crippen molar-refractivity contribution in [3.63, 3.8) is 0 Å². The minimum Gasteiger partial charge on any atom is -0.477 e. The van der Waals surface area contributed by atoms with Gasteiger partial charge in [0, 0.05) is 11.9 Å². The van der Waals surface area contributed by atoms with Crippen LogP contribution in [0.3, 0.4) is 0 Å². The van der Waals surface area contributed by atoms with Crippen LogP contribution in [0.1, 0.15) is 38.4 Å². The van der Waals surface area contributed by atoms with Crippen LogP contribution >= 0.6 is 0 Å². The van der Waals surface area contributed by atoms with Crippen molar-refractivity contribution in [2.24, 2.45) is 0 Å². The van der Waals surface area contributed by atoms with Crippen molar-refractivity contribution in [1.29, 1.82) is 0 Å². The minimum atomic E-state index is -1.11. The quantitative estimate of drug-likeness (QED) is 0.906. The van der Waals surface area contributed by atoms with E-state index >= 15 is 0 Å². The second-order valence-corrected chi connectivity index (χ2v) is 5.03. The third-order valence-electron chi connectivity index (χ3n) is 3.60. The van der Waals surface area contributed by atoms with Gasteiger partial charge in [-0.05, 0) is 54.7 Å². The molecule has 0 fully saturated rings. The van der Waals surface area contributed by atoms with Crippen molar-refractivity contribution in [1.82, 2.24) is 4.98 Å². The second-order valence-electron chi connectivity index (χ2n) is 5.03. The highest BCUT2D eigenvalue weighted by molar-refractivity contribution is 6.04. The number of anilines is 1. The summed E-state index contributed by atoms with van der Waals surface area (Å²) < 4.78 is 0. The van der Waals surface area contributed by atoms with Gasteiger partial charge in [0.05, 0.1) is 5.56 Å². The zero-order chi connectivity index (χ0) is 14.8. The van der Waals surface area contributed by atoms with E-state index in [1.807, 2.05) is 18.2 Å². The summed E-state index contributed by atoms with van der Waals surface area (Å²) in [5.41, 5.74) is 3.64. The summed E-state index contributed by atoms with van der Waals surface area (Å²) >= 11 is 0. The lowest BCUT2D eigenvalue weighted by atomic mass is 10.1. The number of carboxylic acid groups (broad SMARTS) is 1. The number of benzene rings is 1. The van der Waals surface area contributed by atoms with Crippen LogP contribution in [0.25, 0.3) is 0 Å². The summed E-state index contributed by atoms with van der Waals surface area (Å²) in [6, 6.07) is 8.71. The SMILES string of the molecule is O=C(Nc1ccc2c(c1)CCC2)c1ccc(C(=O)O)nc1. The van der Waals surface area contributed by atoms with Gasteiger partial charge in [0.15, 0.2) is 0 Å². The number of aromatic carboxylic acids is 1. The van der Waals surface area contributed by atoms with Gasteiger partial charge in [-0.1, -0.05) is 6.07 Å². The zero-order valence-corrected chi connectivity index (χ0v) is 11.3. The summed E-state index contributed by atoms with van der Waals surface area (Å²) in [5.74, 6) is -1.40. The van der Waals surface area contributed by atoms with Crippen LogP contribution in [0.4, 0.5) is 5.69 Å². The van der Waals surface area contributed by atoms with Gasteiger partial charge in [0.25, 0.3) is 5.91 Å². The summed E-state index contributed by atoms with van der Waals surface area (Å²) in [7, 11) is 0. The molecule has 0 bridgehead atoms. The number of amides is 1. The van der Waals surface area contributed by atoms with E-state index in [0.29, 0.717) is 5.56 Å². The van der Waals surface area contributed by atoms with Crippen LogP contribution < -0.4 is 5.32 Å². The fourth-order valence-electron chi connectivity index (χ4n) is 2.51. The summed E-state index contributed by atoms with van der Waals surface area (Å²) in [4.78, 5) is 26.6. The molecular weight excluding hydrogens is 268 g/mol. The molecule has 2 aromatic rings. The third kappa shape index (κ3) is 2.76. The van der Waals surface area contributed by atoms with Crippen molar-refractivity contribution in [2.75, 3.05) is 5.32 Å². The van der Waals surface area contributed by atoms with Gasteiger partial charge in [-0.25, -0.2) is 9.78 Å². The zero-order valence-electron chi connectivity index (χ0n) is 11.3. The van der Waals surface area contributed by atoms with Crippen molar-refractivity contribution in [3.8, 4) is 0 Å². The smallest absolute Gasteiger partial charge is 0.354 e. The van der Waals surface area contributed by atoms with Crippen LogP contribution in [-0.2, 0) is 12.8 Å². The maximum absolute atomic E-state index is 12.1. The number of aromatic nitrogens is 1. The number of fused-ring (bicyclic) bond motifs is 1. The molecule has 0 saturated heterocycles. The Bertz CT molecular complexity index is 708. The van der Waals surface area contributed by atoms with E-state index in [1.54, 1.807) is 0 Å². The Morgan fingerprint density at radius 1 is 1.10 bits per heavy atom. The molecule has 0 aliphatic heterocycles. The van der Waals surface area contributed by atoms with Crippen LogP contribution in [-0.4, -0.2) is 22.0 Å². The van der Waals surface area contributed by atoms with Gasteiger partial charge in [-0.15, -0.1) is 0 Å². The molecule has 3 rings (SSSR count). The molecule has 5 nitrogen and oxygen atoms in total. The first-order valence-corrected chi connectivity index (χ1v) is 6.76. The summed E-state index contributed by atoms with van der Waals surface area (Å²) in [6.07, 6.45) is 4.58. The van der Waals surface area contributed by atoms with Gasteiger partial charge in [0.2, 0.25) is 0 Å². The van der Waals surface area contributed by atoms with Crippen molar-refractivity contribution in [2.45, 2.75) is 19.3 Å². The molecule has 0 atom stereocenters. The summed E-state index contributed by atoms with van der Waals surface area (Å²) in [6.45, 7) is 0. The molecule has 0 spiro atoms. The molecule has 2 N–H and O–H groups in total. The van der Waals surface area contributed by atoms with E-state index in [2.05, 4.69) is 10.3 Å². The molecule has 5 heteroatoms. The fourth-order valence-corrected chi connectivity index (χ4v) is 2.51. The molecule has 1 heterocycles. The highest BCUT2D eigenvalue weighted by atomic mass is 16.4. The number of nitrogens with one attached hydrogen (secondary N) is 1. The van der Waals surface area contributed by atoms with E-state index in [-0.39, 0.29) is 11.6 Å². The Balaban J connectivity index is 1.75. The molecule has 1 aromatic heterocycles. The fraction of sp³-hybridized carbons (Fsp3) is 0.188. The molecule has 0 radical (unpaired) electrons. The lowest BCUT2D eigenvalue weighted by molar-refractivity contribution is 0.0690. The topological polar surface area (TPSA) is 79.3 Å². The molecule has 0 saturated carbocycles. The standard InChI is InChI=1S/C16H14N2O3/c19-15(12-5-7-14(16(20)21)17-9-12)18-13-6-4-10-2-1-3-11(10)8-13/h4-9H,1-3H2,(H,18,19)(H,20,21). The largest absolute Gasteiger partial charge is 0.477 e. The molecule has 106 valence electrons. The van der Waals surface area contributed by atoms with Crippen molar-refractivity contribution in [3.05, 3.63) is 58.9 Å². The van der Waals surface area contributed by atoms with Gasteiger partial charge < -0.3 is 10.4 Å². The molecule has 1 amide bonds. The molecular formula is C16H14N2O3. The number of pyridine rings is 1. The van der Waals surface area contributed by atoms with Crippen molar-refractivity contribution >= 4 is 17.6 Å². The minimum absolute atomic E-state index is 0.0796. The first-order chi connectivity index (χ1) is 10.1. The third-order valence-corrected chi connectivity index (χ3v) is 3.60. The maximum Gasteiger partial charge on any atom is 0.354 e. The number of hydrogen-bond acceptors (Lipinski definition) is 3. The number of hydrogen-bond donors (Lipinski definition) is 2. The maximum atomic E-state index is 12.1. The Kier molecular flexibility index (Phi) is 3.39. The molecule has 1 aliphatic rings. The van der Waals surface area contributed by atoms with Gasteiger partial charge in [-0.2, -0.15) is 0 Å². The van der Waals surface area contributed by atoms with E-state index in [9.17, 15) is 9.59 Å². The molecule has 1 aliphatic carbocycles.